The van der Waals surface area contributed by atoms with Crippen LogP contribution in [-0.4, -0.2) is 5.97 Å². The number of hydrogen-bond donors (Lipinski definition) is 1. The Kier molecular flexibility index (Phi) is 6.38. The SMILES string of the molecule is CCCCC(N)c1cc(C(C)(C)C)ccc1C(=O)Oc1ccccc1. The lowest BCUT2D eigenvalue weighted by molar-refractivity contribution is 0.0733. The maximum absolute atomic E-state index is 12.7. The number of hydrogen-bond acceptors (Lipinski definition) is 3. The molecule has 134 valence electrons. The predicted octanol–water partition coefficient (Wildman–Crippen LogP) is 5.39. The van der Waals surface area contributed by atoms with Gasteiger partial charge in [0.2, 0.25) is 0 Å². The highest BCUT2D eigenvalue weighted by Crippen LogP contribution is 2.29. The number of para-hydroxylation sites is 1. The van der Waals surface area contributed by atoms with Gasteiger partial charge in [-0.25, -0.2) is 4.79 Å². The zero-order chi connectivity index (χ0) is 18.4. The number of rotatable bonds is 6. The fourth-order valence-corrected chi connectivity index (χ4v) is 2.75. The van der Waals surface area contributed by atoms with Crippen molar-refractivity contribution in [2.45, 2.75) is 58.4 Å². The maximum Gasteiger partial charge on any atom is 0.343 e. The van der Waals surface area contributed by atoms with Crippen LogP contribution in [0.5, 0.6) is 5.75 Å². The van der Waals surface area contributed by atoms with E-state index in [1.807, 2.05) is 30.3 Å². The van der Waals surface area contributed by atoms with E-state index in [4.69, 9.17) is 10.5 Å². The lowest BCUT2D eigenvalue weighted by Gasteiger charge is -2.23. The molecule has 3 heteroatoms. The highest BCUT2D eigenvalue weighted by molar-refractivity contribution is 5.93. The lowest BCUT2D eigenvalue weighted by atomic mass is 9.83. The molecule has 2 rings (SSSR count). The molecule has 0 spiro atoms. The summed E-state index contributed by atoms with van der Waals surface area (Å²) in [5.41, 5.74) is 9.02. The molecular formula is C22H29NO2. The second-order valence-corrected chi connectivity index (χ2v) is 7.50. The Morgan fingerprint density at radius 1 is 1.12 bits per heavy atom. The van der Waals surface area contributed by atoms with E-state index in [0.717, 1.165) is 24.8 Å². The quantitative estimate of drug-likeness (QED) is 0.567. The van der Waals surface area contributed by atoms with E-state index in [1.54, 1.807) is 12.1 Å². The standard InChI is InChI=1S/C22H29NO2/c1-5-6-12-20(23)19-15-16(22(2,3)4)13-14-18(19)21(24)25-17-10-8-7-9-11-17/h7-11,13-15,20H,5-6,12,23H2,1-4H3. The third kappa shape index (κ3) is 5.17. The highest BCUT2D eigenvalue weighted by atomic mass is 16.5. The topological polar surface area (TPSA) is 52.3 Å². The summed E-state index contributed by atoms with van der Waals surface area (Å²) in [6, 6.07) is 14.9. The van der Waals surface area contributed by atoms with Gasteiger partial charge in [0.1, 0.15) is 5.75 Å². The summed E-state index contributed by atoms with van der Waals surface area (Å²) in [6.07, 6.45) is 2.97. The van der Waals surface area contributed by atoms with Gasteiger partial charge in [0.25, 0.3) is 0 Å². The van der Waals surface area contributed by atoms with E-state index in [-0.39, 0.29) is 17.4 Å². The average molecular weight is 339 g/mol. The molecule has 2 aromatic carbocycles. The van der Waals surface area contributed by atoms with E-state index in [1.165, 1.54) is 5.56 Å². The molecule has 0 heterocycles. The molecule has 0 amide bonds. The van der Waals surface area contributed by atoms with Crippen molar-refractivity contribution < 1.29 is 9.53 Å². The Morgan fingerprint density at radius 3 is 2.40 bits per heavy atom. The zero-order valence-corrected chi connectivity index (χ0v) is 15.7. The first kappa shape index (κ1) is 19.2. The molecule has 0 radical (unpaired) electrons. The second kappa shape index (κ2) is 8.30. The van der Waals surface area contributed by atoms with E-state index >= 15 is 0 Å². The predicted molar refractivity (Wildman–Crippen MR) is 103 cm³/mol. The molecule has 2 N–H and O–H groups in total. The molecule has 2 aromatic rings. The fraction of sp³-hybridized carbons (Fsp3) is 0.409. The molecule has 25 heavy (non-hydrogen) atoms. The minimum Gasteiger partial charge on any atom is -0.423 e. The maximum atomic E-state index is 12.7. The van der Waals surface area contributed by atoms with Gasteiger partial charge in [0.05, 0.1) is 5.56 Å². The third-order valence-electron chi connectivity index (χ3n) is 4.36. The first-order chi connectivity index (χ1) is 11.8. The molecule has 1 atom stereocenters. The summed E-state index contributed by atoms with van der Waals surface area (Å²) in [4.78, 5) is 12.7. The molecule has 0 aliphatic carbocycles. The van der Waals surface area contributed by atoms with Crippen molar-refractivity contribution >= 4 is 5.97 Å². The third-order valence-corrected chi connectivity index (χ3v) is 4.36. The van der Waals surface area contributed by atoms with Crippen molar-refractivity contribution in [2.24, 2.45) is 5.73 Å². The van der Waals surface area contributed by atoms with Gasteiger partial charge in [-0.2, -0.15) is 0 Å². The summed E-state index contributed by atoms with van der Waals surface area (Å²) >= 11 is 0. The molecule has 3 nitrogen and oxygen atoms in total. The van der Waals surface area contributed by atoms with Crippen LogP contribution in [0, 0.1) is 0 Å². The van der Waals surface area contributed by atoms with Gasteiger partial charge in [-0.05, 0) is 41.2 Å². The molecule has 0 aliphatic rings. The molecular weight excluding hydrogens is 310 g/mol. The van der Waals surface area contributed by atoms with E-state index < -0.39 is 0 Å². The van der Waals surface area contributed by atoms with Crippen LogP contribution in [0.1, 0.15) is 74.5 Å². The van der Waals surface area contributed by atoms with Crippen LogP contribution in [0.3, 0.4) is 0 Å². The number of benzene rings is 2. The molecule has 1 unspecified atom stereocenters. The van der Waals surface area contributed by atoms with Crippen LogP contribution in [0.25, 0.3) is 0 Å². The Morgan fingerprint density at radius 2 is 1.80 bits per heavy atom. The summed E-state index contributed by atoms with van der Waals surface area (Å²) in [5.74, 6) is 0.189. The molecule has 0 saturated carbocycles. The molecule has 0 saturated heterocycles. The van der Waals surface area contributed by atoms with Crippen molar-refractivity contribution in [3.8, 4) is 5.75 Å². The average Bonchev–Trinajstić information content (AvgIpc) is 2.59. The molecule has 0 fully saturated rings. The van der Waals surface area contributed by atoms with Crippen LogP contribution in [0.2, 0.25) is 0 Å². The van der Waals surface area contributed by atoms with Gasteiger partial charge in [-0.3, -0.25) is 0 Å². The summed E-state index contributed by atoms with van der Waals surface area (Å²) in [6.45, 7) is 8.62. The van der Waals surface area contributed by atoms with Gasteiger partial charge in [-0.1, -0.05) is 70.9 Å². The lowest BCUT2D eigenvalue weighted by Crippen LogP contribution is -2.20. The second-order valence-electron chi connectivity index (χ2n) is 7.50. The summed E-state index contributed by atoms with van der Waals surface area (Å²) in [5, 5.41) is 0. The number of nitrogens with two attached hydrogens (primary N) is 1. The van der Waals surface area contributed by atoms with Crippen molar-refractivity contribution in [3.05, 3.63) is 65.2 Å². The largest absolute Gasteiger partial charge is 0.423 e. The Labute approximate surface area is 151 Å². The highest BCUT2D eigenvalue weighted by Gasteiger charge is 2.22. The number of ether oxygens (including phenoxy) is 1. The molecule has 0 aliphatic heterocycles. The van der Waals surface area contributed by atoms with E-state index in [2.05, 4.69) is 33.8 Å². The van der Waals surface area contributed by atoms with Crippen LogP contribution >= 0.6 is 0 Å². The molecule has 0 bridgehead atoms. The Hall–Kier alpha value is -2.13. The Balaban J connectivity index is 2.36. The van der Waals surface area contributed by atoms with Gasteiger partial charge >= 0.3 is 5.97 Å². The van der Waals surface area contributed by atoms with E-state index in [0.29, 0.717) is 11.3 Å². The normalized spacial score (nSPS) is 12.7. The van der Waals surface area contributed by atoms with Crippen LogP contribution in [0.15, 0.2) is 48.5 Å². The van der Waals surface area contributed by atoms with Gasteiger partial charge in [0, 0.05) is 6.04 Å². The Bertz CT molecular complexity index is 702. The van der Waals surface area contributed by atoms with Crippen LogP contribution < -0.4 is 10.5 Å². The zero-order valence-electron chi connectivity index (χ0n) is 15.7. The number of esters is 1. The smallest absolute Gasteiger partial charge is 0.343 e. The minimum atomic E-state index is -0.353. The van der Waals surface area contributed by atoms with Gasteiger partial charge in [0.15, 0.2) is 0 Å². The summed E-state index contributed by atoms with van der Waals surface area (Å²) in [7, 11) is 0. The number of carbonyl (C=O) groups excluding carboxylic acids is 1. The van der Waals surface area contributed by atoms with Crippen LogP contribution in [0.4, 0.5) is 0 Å². The molecule has 0 aromatic heterocycles. The van der Waals surface area contributed by atoms with Gasteiger partial charge in [-0.15, -0.1) is 0 Å². The monoisotopic (exact) mass is 339 g/mol. The van der Waals surface area contributed by atoms with Crippen molar-refractivity contribution in [3.63, 3.8) is 0 Å². The fourth-order valence-electron chi connectivity index (χ4n) is 2.75. The van der Waals surface area contributed by atoms with Gasteiger partial charge < -0.3 is 10.5 Å². The minimum absolute atomic E-state index is 0.00108. The van der Waals surface area contributed by atoms with Crippen molar-refractivity contribution in [1.82, 2.24) is 0 Å². The van der Waals surface area contributed by atoms with Crippen LogP contribution in [-0.2, 0) is 5.41 Å². The first-order valence-corrected chi connectivity index (χ1v) is 9.00. The van der Waals surface area contributed by atoms with E-state index in [9.17, 15) is 4.79 Å². The van der Waals surface area contributed by atoms with Crippen molar-refractivity contribution in [1.29, 1.82) is 0 Å². The first-order valence-electron chi connectivity index (χ1n) is 9.00. The number of unbranched alkanes of at least 4 members (excludes halogenated alkanes) is 1. The number of carbonyl (C=O) groups is 1. The summed E-state index contributed by atoms with van der Waals surface area (Å²) < 4.78 is 5.53. The van der Waals surface area contributed by atoms with Crippen molar-refractivity contribution in [2.75, 3.05) is 0 Å².